The normalized spacial score (nSPS) is 15.1. The van der Waals surface area contributed by atoms with Crippen molar-refractivity contribution in [3.05, 3.63) is 16.7 Å². The Morgan fingerprint density at radius 1 is 1.44 bits per heavy atom. The second kappa shape index (κ2) is 6.49. The number of rotatable bonds is 4. The Morgan fingerprint density at radius 2 is 2.33 bits per heavy atom. The highest BCUT2D eigenvalue weighted by Gasteiger charge is 2.07. The zero-order valence-electron chi connectivity index (χ0n) is 10.5. The van der Waals surface area contributed by atoms with Crippen LogP contribution in [0.4, 0.5) is 9.93 Å². The zero-order chi connectivity index (χ0) is 12.8. The van der Waals surface area contributed by atoms with Crippen molar-refractivity contribution in [1.29, 1.82) is 0 Å². The van der Waals surface area contributed by atoms with E-state index < -0.39 is 0 Å². The van der Waals surface area contributed by atoms with Gasteiger partial charge in [-0.25, -0.2) is 4.79 Å². The van der Waals surface area contributed by atoms with Crippen LogP contribution in [0.1, 0.15) is 37.1 Å². The zero-order valence-corrected chi connectivity index (χ0v) is 11.3. The number of allylic oxidation sites excluding steroid dienone is 1. The van der Waals surface area contributed by atoms with Crippen molar-refractivity contribution in [2.45, 2.75) is 39.0 Å². The van der Waals surface area contributed by atoms with Gasteiger partial charge in [-0.1, -0.05) is 23.0 Å². The lowest BCUT2D eigenvalue weighted by atomic mass is 9.97. The van der Waals surface area contributed by atoms with Gasteiger partial charge in [-0.3, -0.25) is 5.32 Å². The number of carbonyl (C=O) groups excluding carboxylic acids is 1. The molecule has 0 unspecified atom stereocenters. The summed E-state index contributed by atoms with van der Waals surface area (Å²) in [6, 6.07) is -0.206. The number of amides is 2. The fraction of sp³-hybridized carbons (Fsp3) is 0.583. The van der Waals surface area contributed by atoms with Crippen molar-refractivity contribution in [2.75, 3.05) is 11.9 Å². The minimum atomic E-state index is -0.206. The van der Waals surface area contributed by atoms with Crippen molar-refractivity contribution in [2.24, 2.45) is 0 Å². The summed E-state index contributed by atoms with van der Waals surface area (Å²) in [7, 11) is 0. The molecule has 1 heterocycles. The van der Waals surface area contributed by atoms with Gasteiger partial charge in [-0.15, -0.1) is 10.2 Å². The van der Waals surface area contributed by atoms with Gasteiger partial charge in [0.1, 0.15) is 5.01 Å². The summed E-state index contributed by atoms with van der Waals surface area (Å²) in [5.41, 5.74) is 1.47. The maximum atomic E-state index is 11.6. The summed E-state index contributed by atoms with van der Waals surface area (Å²) in [6.45, 7) is 2.53. The summed E-state index contributed by atoms with van der Waals surface area (Å²) in [5, 5.41) is 14.6. The first-order valence-electron chi connectivity index (χ1n) is 6.27. The molecule has 0 atom stereocenters. The molecule has 0 aliphatic heterocycles. The van der Waals surface area contributed by atoms with E-state index in [0.717, 1.165) is 11.4 Å². The SMILES string of the molecule is Cc1nnc(NC(=O)NCCC2=CCCCC2)s1. The van der Waals surface area contributed by atoms with Gasteiger partial charge in [0.2, 0.25) is 5.13 Å². The van der Waals surface area contributed by atoms with Gasteiger partial charge in [-0.05, 0) is 39.0 Å². The van der Waals surface area contributed by atoms with Crippen LogP contribution in [0.2, 0.25) is 0 Å². The first-order chi connectivity index (χ1) is 8.74. The Morgan fingerprint density at radius 3 is 3.00 bits per heavy atom. The van der Waals surface area contributed by atoms with Crippen LogP contribution in [0, 0.1) is 6.92 Å². The van der Waals surface area contributed by atoms with Crippen LogP contribution in [0.25, 0.3) is 0 Å². The average molecular weight is 266 g/mol. The highest BCUT2D eigenvalue weighted by molar-refractivity contribution is 7.15. The van der Waals surface area contributed by atoms with Crippen molar-refractivity contribution in [1.82, 2.24) is 15.5 Å². The second-order valence-electron chi connectivity index (χ2n) is 4.37. The number of aromatic nitrogens is 2. The van der Waals surface area contributed by atoms with E-state index >= 15 is 0 Å². The lowest BCUT2D eigenvalue weighted by Gasteiger charge is -2.12. The van der Waals surface area contributed by atoms with Crippen molar-refractivity contribution < 1.29 is 4.79 Å². The minimum Gasteiger partial charge on any atom is -0.337 e. The first kappa shape index (κ1) is 13.0. The van der Waals surface area contributed by atoms with Crippen LogP contribution >= 0.6 is 11.3 Å². The van der Waals surface area contributed by atoms with Gasteiger partial charge in [0.25, 0.3) is 0 Å². The molecule has 2 N–H and O–H groups in total. The molecule has 0 saturated heterocycles. The van der Waals surface area contributed by atoms with Crippen LogP contribution in [-0.2, 0) is 0 Å². The van der Waals surface area contributed by atoms with E-state index in [1.54, 1.807) is 0 Å². The molecule has 6 heteroatoms. The number of urea groups is 1. The molecule has 18 heavy (non-hydrogen) atoms. The number of aryl methyl sites for hydroxylation is 1. The van der Waals surface area contributed by atoms with E-state index in [-0.39, 0.29) is 6.03 Å². The molecule has 1 aliphatic carbocycles. The molecular weight excluding hydrogens is 248 g/mol. The Labute approximate surface area is 111 Å². The average Bonchev–Trinajstić information content (AvgIpc) is 2.76. The summed E-state index contributed by atoms with van der Waals surface area (Å²) in [5.74, 6) is 0. The van der Waals surface area contributed by atoms with E-state index in [4.69, 9.17) is 0 Å². The van der Waals surface area contributed by atoms with Crippen molar-refractivity contribution in [3.63, 3.8) is 0 Å². The third-order valence-corrected chi connectivity index (χ3v) is 3.62. The molecule has 98 valence electrons. The monoisotopic (exact) mass is 266 g/mol. The molecule has 1 aromatic rings. The van der Waals surface area contributed by atoms with E-state index in [1.807, 2.05) is 6.92 Å². The van der Waals surface area contributed by atoms with Gasteiger partial charge in [0.15, 0.2) is 0 Å². The van der Waals surface area contributed by atoms with Crippen LogP contribution in [-0.4, -0.2) is 22.8 Å². The Kier molecular flexibility index (Phi) is 4.69. The van der Waals surface area contributed by atoms with Crippen molar-refractivity contribution >= 4 is 22.5 Å². The third-order valence-electron chi connectivity index (χ3n) is 2.86. The molecule has 0 spiro atoms. The van der Waals surface area contributed by atoms with E-state index in [9.17, 15) is 4.79 Å². The van der Waals surface area contributed by atoms with Gasteiger partial charge in [0.05, 0.1) is 0 Å². The van der Waals surface area contributed by atoms with Gasteiger partial charge >= 0.3 is 6.03 Å². The standard InChI is InChI=1S/C12H18N4OS/c1-9-15-16-12(18-9)14-11(17)13-8-7-10-5-3-2-4-6-10/h5H,2-4,6-8H2,1H3,(H2,13,14,16,17). The topological polar surface area (TPSA) is 66.9 Å². The minimum absolute atomic E-state index is 0.206. The van der Waals surface area contributed by atoms with E-state index in [0.29, 0.717) is 11.7 Å². The summed E-state index contributed by atoms with van der Waals surface area (Å²) >= 11 is 1.37. The van der Waals surface area contributed by atoms with Crippen LogP contribution in [0.15, 0.2) is 11.6 Å². The lowest BCUT2D eigenvalue weighted by molar-refractivity contribution is 0.252. The van der Waals surface area contributed by atoms with E-state index in [1.165, 1.54) is 42.6 Å². The number of nitrogens with one attached hydrogen (secondary N) is 2. The third kappa shape index (κ3) is 4.10. The predicted octanol–water partition coefficient (Wildman–Crippen LogP) is 2.86. The molecule has 0 fully saturated rings. The summed E-state index contributed by atoms with van der Waals surface area (Å²) < 4.78 is 0. The summed E-state index contributed by atoms with van der Waals surface area (Å²) in [4.78, 5) is 11.6. The quantitative estimate of drug-likeness (QED) is 0.823. The van der Waals surface area contributed by atoms with Gasteiger partial charge in [-0.2, -0.15) is 0 Å². The Bertz CT molecular complexity index is 441. The fourth-order valence-corrected chi connectivity index (χ4v) is 2.54. The van der Waals surface area contributed by atoms with Crippen LogP contribution in [0.5, 0.6) is 0 Å². The van der Waals surface area contributed by atoms with Crippen molar-refractivity contribution in [3.8, 4) is 0 Å². The molecule has 0 radical (unpaired) electrons. The second-order valence-corrected chi connectivity index (χ2v) is 5.55. The number of hydrogen-bond acceptors (Lipinski definition) is 4. The molecule has 2 rings (SSSR count). The maximum absolute atomic E-state index is 11.6. The van der Waals surface area contributed by atoms with E-state index in [2.05, 4.69) is 26.9 Å². The van der Waals surface area contributed by atoms with Gasteiger partial charge < -0.3 is 5.32 Å². The molecule has 0 saturated carbocycles. The van der Waals surface area contributed by atoms with Crippen LogP contribution in [0.3, 0.4) is 0 Å². The molecule has 1 aromatic heterocycles. The predicted molar refractivity (Wildman–Crippen MR) is 72.8 cm³/mol. The Hall–Kier alpha value is -1.43. The molecule has 0 bridgehead atoms. The maximum Gasteiger partial charge on any atom is 0.321 e. The number of anilines is 1. The molecule has 5 nitrogen and oxygen atoms in total. The number of nitrogens with zero attached hydrogens (tertiary/aromatic N) is 2. The first-order valence-corrected chi connectivity index (χ1v) is 7.08. The Balaban J connectivity index is 1.67. The highest BCUT2D eigenvalue weighted by Crippen LogP contribution is 2.19. The number of hydrogen-bond donors (Lipinski definition) is 2. The smallest absolute Gasteiger partial charge is 0.321 e. The summed E-state index contributed by atoms with van der Waals surface area (Å²) in [6.07, 6.45) is 8.19. The molecule has 1 aliphatic rings. The van der Waals surface area contributed by atoms with Crippen LogP contribution < -0.4 is 10.6 Å². The molecule has 2 amide bonds. The fourth-order valence-electron chi connectivity index (χ4n) is 1.96. The molecular formula is C12H18N4OS. The lowest BCUT2D eigenvalue weighted by Crippen LogP contribution is -2.29. The largest absolute Gasteiger partial charge is 0.337 e. The highest BCUT2D eigenvalue weighted by atomic mass is 32.1. The number of carbonyl (C=O) groups is 1. The molecule has 0 aromatic carbocycles. The van der Waals surface area contributed by atoms with Gasteiger partial charge in [0, 0.05) is 6.54 Å².